The maximum Gasteiger partial charge on any atom is 0.323 e. The zero-order valence-corrected chi connectivity index (χ0v) is 16.8. The second kappa shape index (κ2) is 8.63. The van der Waals surface area contributed by atoms with Gasteiger partial charge in [0.25, 0.3) is 0 Å². The number of rotatable bonds is 7. The number of carbonyl (C=O) groups is 2. The molecule has 5 nitrogen and oxygen atoms in total. The van der Waals surface area contributed by atoms with Crippen molar-refractivity contribution in [1.29, 1.82) is 0 Å². The van der Waals surface area contributed by atoms with Gasteiger partial charge >= 0.3 is 5.97 Å². The standard InChI is InChI=1S/C19H25ClN2O3S/c1-3-25-19(24)13(2)22(14-8-9-14)12-17(23)21-10-11-26-18(21)15-6-4-5-7-16(15)20/h4-7,13-14,18H,3,8-12H2,1-2H3/t13-,18-/m1/s1. The number of halogens is 1. The van der Waals surface area contributed by atoms with Crippen molar-refractivity contribution in [2.45, 2.75) is 44.1 Å². The molecule has 0 unspecified atom stereocenters. The smallest absolute Gasteiger partial charge is 0.323 e. The maximum absolute atomic E-state index is 13.0. The van der Waals surface area contributed by atoms with Gasteiger partial charge in [-0.3, -0.25) is 14.5 Å². The number of benzene rings is 1. The van der Waals surface area contributed by atoms with Crippen molar-refractivity contribution >= 4 is 35.2 Å². The van der Waals surface area contributed by atoms with Gasteiger partial charge in [-0.05, 0) is 32.8 Å². The van der Waals surface area contributed by atoms with E-state index in [1.165, 1.54) is 0 Å². The minimum Gasteiger partial charge on any atom is -0.465 e. The van der Waals surface area contributed by atoms with Crippen LogP contribution in [0.1, 0.15) is 37.6 Å². The van der Waals surface area contributed by atoms with Gasteiger partial charge in [0.15, 0.2) is 0 Å². The molecule has 2 aliphatic rings. The lowest BCUT2D eigenvalue weighted by atomic mass is 10.2. The van der Waals surface area contributed by atoms with E-state index in [0.717, 1.165) is 24.2 Å². The number of thioether (sulfide) groups is 1. The molecule has 2 atom stereocenters. The maximum atomic E-state index is 13.0. The zero-order chi connectivity index (χ0) is 18.7. The largest absolute Gasteiger partial charge is 0.465 e. The van der Waals surface area contributed by atoms with Gasteiger partial charge in [0.05, 0.1) is 13.2 Å². The van der Waals surface area contributed by atoms with Gasteiger partial charge in [-0.25, -0.2) is 0 Å². The molecular weight excluding hydrogens is 372 g/mol. The van der Waals surface area contributed by atoms with Gasteiger partial charge < -0.3 is 9.64 Å². The Morgan fingerprint density at radius 3 is 2.77 bits per heavy atom. The molecule has 0 aromatic heterocycles. The highest BCUT2D eigenvalue weighted by Crippen LogP contribution is 2.41. The van der Waals surface area contributed by atoms with Crippen LogP contribution in [0.25, 0.3) is 0 Å². The Morgan fingerprint density at radius 2 is 2.12 bits per heavy atom. The lowest BCUT2D eigenvalue weighted by Gasteiger charge is -2.31. The second-order valence-corrected chi connectivity index (χ2v) is 8.26. The van der Waals surface area contributed by atoms with E-state index in [2.05, 4.69) is 0 Å². The van der Waals surface area contributed by atoms with E-state index in [4.69, 9.17) is 16.3 Å². The molecule has 2 fully saturated rings. The Bertz CT molecular complexity index is 668. The first-order valence-electron chi connectivity index (χ1n) is 9.10. The molecule has 0 spiro atoms. The molecule has 142 valence electrons. The summed E-state index contributed by atoms with van der Waals surface area (Å²) in [5.41, 5.74) is 0.974. The van der Waals surface area contributed by atoms with E-state index >= 15 is 0 Å². The lowest BCUT2D eigenvalue weighted by Crippen LogP contribution is -2.47. The van der Waals surface area contributed by atoms with E-state index in [9.17, 15) is 9.59 Å². The summed E-state index contributed by atoms with van der Waals surface area (Å²) < 4.78 is 5.15. The fourth-order valence-corrected chi connectivity index (χ4v) is 4.91. The molecule has 1 aliphatic carbocycles. The molecule has 0 N–H and O–H groups in total. The lowest BCUT2D eigenvalue weighted by molar-refractivity contribution is -0.150. The van der Waals surface area contributed by atoms with Crippen LogP contribution in [0.15, 0.2) is 24.3 Å². The number of nitrogens with zero attached hydrogens (tertiary/aromatic N) is 2. The second-order valence-electron chi connectivity index (χ2n) is 6.66. The summed E-state index contributed by atoms with van der Waals surface area (Å²) >= 11 is 8.07. The average Bonchev–Trinajstić information content (AvgIpc) is 3.35. The summed E-state index contributed by atoms with van der Waals surface area (Å²) in [6.45, 7) is 4.92. The quantitative estimate of drug-likeness (QED) is 0.661. The van der Waals surface area contributed by atoms with Crippen LogP contribution in [0, 0.1) is 0 Å². The van der Waals surface area contributed by atoms with Crippen LogP contribution >= 0.6 is 23.4 Å². The van der Waals surface area contributed by atoms with Crippen molar-refractivity contribution in [2.24, 2.45) is 0 Å². The summed E-state index contributed by atoms with van der Waals surface area (Å²) in [5, 5.41) is 0.624. The van der Waals surface area contributed by atoms with Crippen LogP contribution in [0.4, 0.5) is 0 Å². The predicted molar refractivity (Wildman–Crippen MR) is 104 cm³/mol. The van der Waals surface area contributed by atoms with Crippen molar-refractivity contribution in [3.63, 3.8) is 0 Å². The monoisotopic (exact) mass is 396 g/mol. The van der Waals surface area contributed by atoms with Crippen molar-refractivity contribution in [2.75, 3.05) is 25.4 Å². The van der Waals surface area contributed by atoms with Crippen LogP contribution in [0.5, 0.6) is 0 Å². The summed E-state index contributed by atoms with van der Waals surface area (Å²) in [6, 6.07) is 7.58. The van der Waals surface area contributed by atoms with E-state index in [0.29, 0.717) is 24.2 Å². The van der Waals surface area contributed by atoms with E-state index in [-0.39, 0.29) is 23.8 Å². The number of carbonyl (C=O) groups excluding carboxylic acids is 2. The molecule has 0 radical (unpaired) electrons. The molecule has 26 heavy (non-hydrogen) atoms. The molecule has 1 saturated heterocycles. The van der Waals surface area contributed by atoms with Gasteiger partial charge in [0.1, 0.15) is 11.4 Å². The van der Waals surface area contributed by atoms with Gasteiger partial charge in [-0.15, -0.1) is 11.8 Å². The van der Waals surface area contributed by atoms with Crippen LogP contribution < -0.4 is 0 Å². The van der Waals surface area contributed by atoms with E-state index in [1.54, 1.807) is 18.7 Å². The molecule has 7 heteroatoms. The third-order valence-electron chi connectivity index (χ3n) is 4.84. The molecule has 1 aliphatic heterocycles. The molecule has 1 aromatic rings. The van der Waals surface area contributed by atoms with Crippen molar-refractivity contribution in [3.8, 4) is 0 Å². The first-order valence-corrected chi connectivity index (χ1v) is 10.5. The van der Waals surface area contributed by atoms with E-state index < -0.39 is 6.04 Å². The summed E-state index contributed by atoms with van der Waals surface area (Å²) in [6.07, 6.45) is 2.05. The Kier molecular flexibility index (Phi) is 6.48. The predicted octanol–water partition coefficient (Wildman–Crippen LogP) is 3.33. The Morgan fingerprint density at radius 1 is 1.38 bits per heavy atom. The van der Waals surface area contributed by atoms with Crippen molar-refractivity contribution < 1.29 is 14.3 Å². The van der Waals surface area contributed by atoms with Crippen LogP contribution in [0.3, 0.4) is 0 Å². The number of hydrogen-bond donors (Lipinski definition) is 0. The molecule has 1 saturated carbocycles. The van der Waals surface area contributed by atoms with Gasteiger partial charge in [0, 0.05) is 28.9 Å². The van der Waals surface area contributed by atoms with Crippen LogP contribution in [-0.4, -0.2) is 59.2 Å². The number of ether oxygens (including phenoxy) is 1. The molecular formula is C19H25ClN2O3S. The van der Waals surface area contributed by atoms with Crippen molar-refractivity contribution in [1.82, 2.24) is 9.80 Å². The van der Waals surface area contributed by atoms with E-state index in [1.807, 2.05) is 41.0 Å². The third-order valence-corrected chi connectivity index (χ3v) is 6.43. The number of hydrogen-bond acceptors (Lipinski definition) is 5. The molecule has 1 aromatic carbocycles. The molecule has 1 amide bonds. The topological polar surface area (TPSA) is 49.9 Å². The van der Waals surface area contributed by atoms with Crippen molar-refractivity contribution in [3.05, 3.63) is 34.9 Å². The third kappa shape index (κ3) is 4.35. The average molecular weight is 397 g/mol. The Balaban J connectivity index is 1.71. The minimum absolute atomic E-state index is 0.0444. The summed E-state index contributed by atoms with van der Waals surface area (Å²) in [5.74, 6) is 0.673. The highest BCUT2D eigenvalue weighted by Gasteiger charge is 2.39. The highest BCUT2D eigenvalue weighted by molar-refractivity contribution is 7.99. The van der Waals surface area contributed by atoms with Crippen LogP contribution in [-0.2, 0) is 14.3 Å². The summed E-state index contributed by atoms with van der Waals surface area (Å²) in [4.78, 5) is 29.1. The first-order chi connectivity index (χ1) is 12.5. The van der Waals surface area contributed by atoms with Gasteiger partial charge in [-0.1, -0.05) is 29.8 Å². The minimum atomic E-state index is -0.402. The number of esters is 1. The fourth-order valence-electron chi connectivity index (χ4n) is 3.29. The first kappa shape index (κ1) is 19.5. The molecule has 0 bridgehead atoms. The zero-order valence-electron chi connectivity index (χ0n) is 15.2. The SMILES string of the molecule is CCOC(=O)[C@@H](C)N(CC(=O)N1CCS[C@@H]1c1ccccc1Cl)C1CC1. The fraction of sp³-hybridized carbons (Fsp3) is 0.579. The Hall–Kier alpha value is -1.24. The van der Waals surface area contributed by atoms with Gasteiger partial charge in [0.2, 0.25) is 5.91 Å². The number of amides is 1. The normalized spacial score (nSPS) is 21.1. The van der Waals surface area contributed by atoms with Gasteiger partial charge in [-0.2, -0.15) is 0 Å². The molecule has 3 rings (SSSR count). The Labute approximate surface area is 164 Å². The summed E-state index contributed by atoms with van der Waals surface area (Å²) in [7, 11) is 0. The molecule has 1 heterocycles. The highest BCUT2D eigenvalue weighted by atomic mass is 35.5. The van der Waals surface area contributed by atoms with Crippen LogP contribution in [0.2, 0.25) is 5.02 Å².